The van der Waals surface area contributed by atoms with E-state index >= 15 is 0 Å². The fraction of sp³-hybridized carbons (Fsp3) is 0.357. The van der Waals surface area contributed by atoms with Crippen LogP contribution in [-0.4, -0.2) is 32.6 Å². The van der Waals surface area contributed by atoms with Crippen molar-refractivity contribution in [2.45, 2.75) is 32.8 Å². The fourth-order valence-electron chi connectivity index (χ4n) is 1.85. The van der Waals surface area contributed by atoms with E-state index in [1.165, 1.54) is 0 Å². The van der Waals surface area contributed by atoms with E-state index in [1.807, 2.05) is 0 Å². The van der Waals surface area contributed by atoms with Gasteiger partial charge in [-0.05, 0) is 26.8 Å². The molecule has 1 heterocycles. The maximum atomic E-state index is 12.1. The van der Waals surface area contributed by atoms with Crippen LogP contribution in [-0.2, 0) is 16.0 Å². The maximum absolute atomic E-state index is 12.1. The van der Waals surface area contributed by atoms with Gasteiger partial charge in [-0.3, -0.25) is 4.79 Å². The van der Waals surface area contributed by atoms with Gasteiger partial charge in [0.15, 0.2) is 0 Å². The van der Waals surface area contributed by atoms with Crippen molar-refractivity contribution in [3.8, 4) is 0 Å². The molecule has 0 aliphatic carbocycles. The lowest BCUT2D eigenvalue weighted by atomic mass is 10.2. The third-order valence-electron chi connectivity index (χ3n) is 2.55. The molecule has 1 aromatic carbocycles. The maximum Gasteiger partial charge on any atom is 0.435 e. The third-order valence-corrected chi connectivity index (χ3v) is 2.55. The summed E-state index contributed by atoms with van der Waals surface area (Å²) in [4.78, 5) is 23.0. The molecule has 1 aromatic heterocycles. The molecule has 0 atom stereocenters. The van der Waals surface area contributed by atoms with Gasteiger partial charge in [0.2, 0.25) is 0 Å². The number of carboxylic acid groups (broad SMARTS) is 1. The van der Waals surface area contributed by atoms with Gasteiger partial charge in [0.25, 0.3) is 0 Å². The number of benzene rings is 1. The highest BCUT2D eigenvalue weighted by atomic mass is 16.6. The number of hydrogen-bond acceptors (Lipinski definition) is 4. The van der Waals surface area contributed by atoms with Crippen molar-refractivity contribution in [2.75, 3.05) is 0 Å². The van der Waals surface area contributed by atoms with Crippen LogP contribution in [0.3, 0.4) is 0 Å². The molecule has 0 bridgehead atoms. The highest BCUT2D eigenvalue weighted by molar-refractivity contribution is 5.91. The normalized spacial score (nSPS) is 11.6. The lowest BCUT2D eigenvalue weighted by Gasteiger charge is -2.19. The van der Waals surface area contributed by atoms with E-state index in [1.54, 1.807) is 45.0 Å². The smallest absolute Gasteiger partial charge is 0.435 e. The molecule has 1 N–H and O–H groups in total. The monoisotopic (exact) mass is 276 g/mol. The molecule has 0 amide bonds. The summed E-state index contributed by atoms with van der Waals surface area (Å²) in [5.41, 5.74) is 0.244. The van der Waals surface area contributed by atoms with E-state index in [0.717, 1.165) is 4.68 Å². The Bertz CT molecular complexity index is 667. The second-order valence-corrected chi connectivity index (χ2v) is 5.43. The molecule has 0 fully saturated rings. The lowest BCUT2D eigenvalue weighted by molar-refractivity contribution is -0.136. The topological polar surface area (TPSA) is 81.4 Å². The van der Waals surface area contributed by atoms with Gasteiger partial charge in [-0.15, -0.1) is 0 Å². The van der Waals surface area contributed by atoms with Gasteiger partial charge in [-0.1, -0.05) is 18.2 Å². The Morgan fingerprint density at radius 1 is 1.30 bits per heavy atom. The van der Waals surface area contributed by atoms with Crippen LogP contribution in [0.15, 0.2) is 24.3 Å². The summed E-state index contributed by atoms with van der Waals surface area (Å²) in [6, 6.07) is 6.98. The van der Waals surface area contributed by atoms with Gasteiger partial charge in [-0.25, -0.2) is 4.79 Å². The van der Waals surface area contributed by atoms with Crippen molar-refractivity contribution < 1.29 is 19.4 Å². The first kappa shape index (κ1) is 14.0. The Morgan fingerprint density at radius 2 is 1.95 bits per heavy atom. The molecule has 0 spiro atoms. The van der Waals surface area contributed by atoms with Crippen molar-refractivity contribution in [3.63, 3.8) is 0 Å². The molecule has 6 nitrogen and oxygen atoms in total. The summed E-state index contributed by atoms with van der Waals surface area (Å²) in [6.07, 6.45) is -0.860. The van der Waals surface area contributed by atoms with Crippen LogP contribution < -0.4 is 0 Å². The molecule has 0 unspecified atom stereocenters. The van der Waals surface area contributed by atoms with Crippen molar-refractivity contribution in [1.29, 1.82) is 0 Å². The summed E-state index contributed by atoms with van der Waals surface area (Å²) < 4.78 is 6.37. The Hall–Kier alpha value is -2.37. The zero-order chi connectivity index (χ0) is 14.9. The van der Waals surface area contributed by atoms with Crippen molar-refractivity contribution in [1.82, 2.24) is 9.78 Å². The lowest BCUT2D eigenvalue weighted by Crippen LogP contribution is -2.27. The quantitative estimate of drug-likeness (QED) is 0.911. The Kier molecular flexibility index (Phi) is 3.48. The minimum Gasteiger partial charge on any atom is -0.481 e. The molecular formula is C14H16N2O4. The van der Waals surface area contributed by atoms with E-state index in [2.05, 4.69) is 5.10 Å². The molecule has 0 saturated heterocycles. The Balaban J connectivity index is 2.48. The van der Waals surface area contributed by atoms with Gasteiger partial charge in [0.1, 0.15) is 5.60 Å². The molecule has 0 aliphatic rings. The molecule has 0 saturated carbocycles. The molecule has 20 heavy (non-hydrogen) atoms. The zero-order valence-electron chi connectivity index (χ0n) is 11.6. The first-order chi connectivity index (χ1) is 9.28. The zero-order valence-corrected chi connectivity index (χ0v) is 11.6. The Labute approximate surface area is 116 Å². The highest BCUT2D eigenvalue weighted by Crippen LogP contribution is 2.20. The van der Waals surface area contributed by atoms with E-state index in [4.69, 9.17) is 9.84 Å². The average Bonchev–Trinajstić information content (AvgIpc) is 2.66. The summed E-state index contributed by atoms with van der Waals surface area (Å²) in [5.74, 6) is -0.996. The molecule has 0 aliphatic heterocycles. The van der Waals surface area contributed by atoms with E-state index < -0.39 is 17.7 Å². The van der Waals surface area contributed by atoms with Gasteiger partial charge < -0.3 is 9.84 Å². The van der Waals surface area contributed by atoms with Crippen molar-refractivity contribution >= 4 is 23.0 Å². The fourth-order valence-corrected chi connectivity index (χ4v) is 1.85. The number of aromatic nitrogens is 2. The summed E-state index contributed by atoms with van der Waals surface area (Å²) in [7, 11) is 0. The van der Waals surface area contributed by atoms with Gasteiger partial charge in [-0.2, -0.15) is 9.78 Å². The molecule has 106 valence electrons. The van der Waals surface area contributed by atoms with Crippen LogP contribution in [0.4, 0.5) is 4.79 Å². The summed E-state index contributed by atoms with van der Waals surface area (Å²) in [6.45, 7) is 5.28. The number of fused-ring (bicyclic) bond motifs is 1. The van der Waals surface area contributed by atoms with Crippen LogP contribution in [0.1, 0.15) is 26.5 Å². The summed E-state index contributed by atoms with van der Waals surface area (Å²) in [5, 5.41) is 13.6. The standard InChI is InChI=1S/C14H16N2O4/c1-14(2,3)20-13(19)16-11-7-5-4-6-9(11)10(15-16)8-12(17)18/h4-7H,8H2,1-3H3,(H,17,18). The van der Waals surface area contributed by atoms with Gasteiger partial charge in [0.05, 0.1) is 17.6 Å². The van der Waals surface area contributed by atoms with Crippen LogP contribution in [0, 0.1) is 0 Å². The van der Waals surface area contributed by atoms with E-state index in [0.29, 0.717) is 16.6 Å². The number of rotatable bonds is 2. The van der Waals surface area contributed by atoms with Crippen LogP contribution in [0.2, 0.25) is 0 Å². The van der Waals surface area contributed by atoms with Crippen molar-refractivity contribution in [2.24, 2.45) is 0 Å². The molecule has 2 rings (SSSR count). The minimum absolute atomic E-state index is 0.240. The number of carbonyl (C=O) groups is 2. The largest absolute Gasteiger partial charge is 0.481 e. The SMILES string of the molecule is CC(C)(C)OC(=O)n1nc(CC(=O)O)c2ccccc21. The number of carbonyl (C=O) groups excluding carboxylic acids is 1. The number of para-hydroxylation sites is 1. The van der Waals surface area contributed by atoms with Crippen LogP contribution in [0.5, 0.6) is 0 Å². The number of hydrogen-bond donors (Lipinski definition) is 1. The predicted octanol–water partition coefficient (Wildman–Crippen LogP) is 2.45. The van der Waals surface area contributed by atoms with Gasteiger partial charge in [0, 0.05) is 5.39 Å². The minimum atomic E-state index is -0.996. The average molecular weight is 276 g/mol. The third kappa shape index (κ3) is 2.96. The summed E-state index contributed by atoms with van der Waals surface area (Å²) >= 11 is 0. The second kappa shape index (κ2) is 4.96. The first-order valence-corrected chi connectivity index (χ1v) is 6.20. The molecule has 2 aromatic rings. The molecule has 0 radical (unpaired) electrons. The first-order valence-electron chi connectivity index (χ1n) is 6.20. The van der Waals surface area contributed by atoms with Crippen LogP contribution in [0.25, 0.3) is 10.9 Å². The van der Waals surface area contributed by atoms with Gasteiger partial charge >= 0.3 is 12.1 Å². The number of aliphatic carboxylic acids is 1. The number of nitrogens with zero attached hydrogens (tertiary/aromatic N) is 2. The van der Waals surface area contributed by atoms with E-state index in [-0.39, 0.29) is 6.42 Å². The van der Waals surface area contributed by atoms with Crippen LogP contribution >= 0.6 is 0 Å². The highest BCUT2D eigenvalue weighted by Gasteiger charge is 2.22. The second-order valence-electron chi connectivity index (χ2n) is 5.43. The van der Waals surface area contributed by atoms with E-state index in [9.17, 15) is 9.59 Å². The molecular weight excluding hydrogens is 260 g/mol. The number of carboxylic acids is 1. The predicted molar refractivity (Wildman–Crippen MR) is 72.7 cm³/mol. The Morgan fingerprint density at radius 3 is 2.55 bits per heavy atom. The molecule has 6 heteroatoms. The van der Waals surface area contributed by atoms with Crippen molar-refractivity contribution in [3.05, 3.63) is 30.0 Å². The number of ether oxygens (including phenoxy) is 1.